The fourth-order valence-corrected chi connectivity index (χ4v) is 6.55. The quantitative estimate of drug-likeness (QED) is 0.548. The van der Waals surface area contributed by atoms with Gasteiger partial charge in [-0.05, 0) is 37.5 Å². The first-order valence-corrected chi connectivity index (χ1v) is 10.8. The minimum Gasteiger partial charge on any atom is -0.330 e. The van der Waals surface area contributed by atoms with E-state index in [1.165, 1.54) is 22.5 Å². The third-order valence-electron chi connectivity index (χ3n) is 5.13. The molecule has 5 nitrogen and oxygen atoms in total. The van der Waals surface area contributed by atoms with Crippen LogP contribution in [-0.2, 0) is 14.8 Å². The minimum atomic E-state index is -3.99. The van der Waals surface area contributed by atoms with Crippen LogP contribution in [0.15, 0.2) is 35.7 Å². The molecule has 2 saturated heterocycles. The van der Waals surface area contributed by atoms with Gasteiger partial charge in [0.05, 0.1) is 11.4 Å². The largest absolute Gasteiger partial charge is 0.330 e. The average molecular weight is 427 g/mol. The standard InChI is InChI=1S/C19H20Cl2N2O3S/c1-3-8-22-12-13(4-2)17-6-5-7-18(19(22)24)23(17)27(25,26)16-10-14(20)9-15(21)11-16/h1,4,9-11,13,17-18H,2,5-8,12H2/t13-,17+,18-/m0/s1. The van der Waals surface area contributed by atoms with Crippen LogP contribution in [0.3, 0.4) is 0 Å². The molecular formula is C19H20Cl2N2O3S. The number of amides is 1. The molecule has 1 aromatic rings. The molecule has 0 aliphatic carbocycles. The molecule has 2 fully saturated rings. The highest BCUT2D eigenvalue weighted by atomic mass is 35.5. The van der Waals surface area contributed by atoms with Crippen molar-refractivity contribution >= 4 is 39.1 Å². The van der Waals surface area contributed by atoms with Crippen LogP contribution in [-0.4, -0.2) is 48.7 Å². The van der Waals surface area contributed by atoms with Gasteiger partial charge in [-0.25, -0.2) is 8.42 Å². The molecule has 144 valence electrons. The highest BCUT2D eigenvalue weighted by molar-refractivity contribution is 7.89. The molecule has 8 heteroatoms. The highest BCUT2D eigenvalue weighted by Crippen LogP contribution is 2.38. The van der Waals surface area contributed by atoms with Gasteiger partial charge in [0.1, 0.15) is 6.04 Å². The van der Waals surface area contributed by atoms with Gasteiger partial charge in [0, 0.05) is 28.5 Å². The molecular weight excluding hydrogens is 407 g/mol. The van der Waals surface area contributed by atoms with Crippen LogP contribution in [0.25, 0.3) is 0 Å². The van der Waals surface area contributed by atoms with Gasteiger partial charge < -0.3 is 4.90 Å². The van der Waals surface area contributed by atoms with Crippen LogP contribution in [0.5, 0.6) is 0 Å². The molecule has 0 radical (unpaired) electrons. The van der Waals surface area contributed by atoms with Gasteiger partial charge in [0.2, 0.25) is 15.9 Å². The lowest BCUT2D eigenvalue weighted by Gasteiger charge is -2.40. The van der Waals surface area contributed by atoms with E-state index in [0.29, 0.717) is 19.4 Å². The molecule has 27 heavy (non-hydrogen) atoms. The predicted octanol–water partition coefficient (Wildman–Crippen LogP) is 3.18. The maximum absolute atomic E-state index is 13.5. The molecule has 2 aliphatic heterocycles. The molecule has 0 saturated carbocycles. The third kappa shape index (κ3) is 3.74. The van der Waals surface area contributed by atoms with Crippen LogP contribution in [0, 0.1) is 18.3 Å². The van der Waals surface area contributed by atoms with E-state index < -0.39 is 16.1 Å². The fourth-order valence-electron chi connectivity index (χ4n) is 3.95. The van der Waals surface area contributed by atoms with Crippen molar-refractivity contribution in [3.05, 3.63) is 40.9 Å². The number of fused-ring (bicyclic) bond motifs is 2. The Bertz CT molecular complexity index is 890. The summed E-state index contributed by atoms with van der Waals surface area (Å²) < 4.78 is 28.3. The Kier molecular flexibility index (Phi) is 5.87. The maximum Gasteiger partial charge on any atom is 0.244 e. The molecule has 0 N–H and O–H groups in total. The maximum atomic E-state index is 13.5. The summed E-state index contributed by atoms with van der Waals surface area (Å²) in [5.74, 6) is 2.01. The first-order valence-electron chi connectivity index (χ1n) is 8.64. The molecule has 0 spiro atoms. The van der Waals surface area contributed by atoms with Gasteiger partial charge in [-0.2, -0.15) is 4.31 Å². The monoisotopic (exact) mass is 426 g/mol. The second-order valence-electron chi connectivity index (χ2n) is 6.78. The normalized spacial score (nSPS) is 26.3. The van der Waals surface area contributed by atoms with Gasteiger partial charge in [-0.1, -0.05) is 35.2 Å². The number of carbonyl (C=O) groups is 1. The summed E-state index contributed by atoms with van der Waals surface area (Å²) in [7, 11) is -3.99. The number of rotatable bonds is 4. The van der Waals surface area contributed by atoms with Crippen molar-refractivity contribution < 1.29 is 13.2 Å². The third-order valence-corrected chi connectivity index (χ3v) is 7.48. The van der Waals surface area contributed by atoms with Gasteiger partial charge in [0.25, 0.3) is 0 Å². The van der Waals surface area contributed by atoms with E-state index in [2.05, 4.69) is 12.5 Å². The van der Waals surface area contributed by atoms with Crippen LogP contribution in [0.4, 0.5) is 0 Å². The fraction of sp³-hybridized carbons (Fsp3) is 0.421. The number of carbonyl (C=O) groups excluding carboxylic acids is 1. The Morgan fingerprint density at radius 2 is 1.93 bits per heavy atom. The van der Waals surface area contributed by atoms with Gasteiger partial charge in [-0.3, -0.25) is 4.79 Å². The van der Waals surface area contributed by atoms with Crippen molar-refractivity contribution in [2.75, 3.05) is 13.1 Å². The Morgan fingerprint density at radius 3 is 2.52 bits per heavy atom. The number of terminal acetylenes is 1. The summed E-state index contributed by atoms with van der Waals surface area (Å²) in [5, 5.41) is 0.447. The van der Waals surface area contributed by atoms with Crippen molar-refractivity contribution in [3.8, 4) is 12.3 Å². The summed E-state index contributed by atoms with van der Waals surface area (Å²) in [4.78, 5) is 14.6. The van der Waals surface area contributed by atoms with E-state index in [1.54, 1.807) is 11.0 Å². The summed E-state index contributed by atoms with van der Waals surface area (Å²) in [6.45, 7) is 4.36. The van der Waals surface area contributed by atoms with Crippen molar-refractivity contribution in [2.45, 2.75) is 36.2 Å². The van der Waals surface area contributed by atoms with Crippen LogP contribution < -0.4 is 0 Å². The topological polar surface area (TPSA) is 57.7 Å². The molecule has 0 aromatic heterocycles. The zero-order chi connectivity index (χ0) is 19.8. The first kappa shape index (κ1) is 20.2. The van der Waals surface area contributed by atoms with Gasteiger partial charge >= 0.3 is 0 Å². The summed E-state index contributed by atoms with van der Waals surface area (Å²) in [6.07, 6.45) is 8.99. The molecule has 2 heterocycles. The molecule has 3 rings (SSSR count). The smallest absolute Gasteiger partial charge is 0.244 e. The van der Waals surface area contributed by atoms with E-state index >= 15 is 0 Å². The Hall–Kier alpha value is -1.52. The zero-order valence-electron chi connectivity index (χ0n) is 14.6. The average Bonchev–Trinajstić information content (AvgIpc) is 2.68. The zero-order valence-corrected chi connectivity index (χ0v) is 17.0. The Labute approximate surface area is 170 Å². The molecule has 1 aromatic carbocycles. The number of halogens is 2. The van der Waals surface area contributed by atoms with Gasteiger partial charge in [-0.15, -0.1) is 13.0 Å². The number of piperidine rings is 1. The van der Waals surface area contributed by atoms with Crippen molar-refractivity contribution in [1.82, 2.24) is 9.21 Å². The van der Waals surface area contributed by atoms with Crippen LogP contribution in [0.1, 0.15) is 19.3 Å². The highest BCUT2D eigenvalue weighted by Gasteiger charge is 2.49. The molecule has 2 bridgehead atoms. The van der Waals surface area contributed by atoms with Crippen molar-refractivity contribution in [2.24, 2.45) is 5.92 Å². The number of nitrogens with zero attached hydrogens (tertiary/aromatic N) is 2. The van der Waals surface area contributed by atoms with Gasteiger partial charge in [0.15, 0.2) is 0 Å². The molecule has 3 atom stereocenters. The molecule has 2 aliphatic rings. The van der Waals surface area contributed by atoms with Crippen molar-refractivity contribution in [1.29, 1.82) is 0 Å². The Morgan fingerprint density at radius 1 is 1.26 bits per heavy atom. The number of sulfonamides is 1. The molecule has 0 unspecified atom stereocenters. The Balaban J connectivity index is 2.13. The molecule has 1 amide bonds. The number of hydrogen-bond acceptors (Lipinski definition) is 3. The SMILES string of the molecule is C#CCN1C[C@H](C=C)[C@H]2CCC[C@@H](C1=O)N2S(=O)(=O)c1cc(Cl)cc(Cl)c1. The second kappa shape index (κ2) is 7.84. The second-order valence-corrected chi connectivity index (χ2v) is 9.49. The summed E-state index contributed by atoms with van der Waals surface area (Å²) in [6, 6.07) is 3.03. The van der Waals surface area contributed by atoms with Crippen molar-refractivity contribution in [3.63, 3.8) is 0 Å². The van der Waals surface area contributed by atoms with Crippen LogP contribution >= 0.6 is 23.2 Å². The van der Waals surface area contributed by atoms with E-state index in [-0.39, 0.29) is 39.4 Å². The lowest BCUT2D eigenvalue weighted by Crippen LogP contribution is -2.54. The van der Waals surface area contributed by atoms with E-state index in [0.717, 1.165) is 6.42 Å². The lowest BCUT2D eigenvalue weighted by atomic mass is 9.90. The van der Waals surface area contributed by atoms with E-state index in [1.807, 2.05) is 0 Å². The van der Waals surface area contributed by atoms with E-state index in [9.17, 15) is 13.2 Å². The predicted molar refractivity (Wildman–Crippen MR) is 106 cm³/mol. The summed E-state index contributed by atoms with van der Waals surface area (Å²) in [5.41, 5.74) is 0. The minimum absolute atomic E-state index is 0.0158. The summed E-state index contributed by atoms with van der Waals surface area (Å²) >= 11 is 12.0. The lowest BCUT2D eigenvalue weighted by molar-refractivity contribution is -0.134. The number of benzene rings is 1. The van der Waals surface area contributed by atoms with E-state index in [4.69, 9.17) is 29.6 Å². The van der Waals surface area contributed by atoms with Crippen LogP contribution in [0.2, 0.25) is 10.0 Å². The number of hydrogen-bond donors (Lipinski definition) is 0. The first-order chi connectivity index (χ1) is 12.8.